The number of rotatable bonds is 7. The number of aromatic nitrogens is 1. The molecule has 0 radical (unpaired) electrons. The van der Waals surface area contributed by atoms with E-state index in [1.807, 2.05) is 42.5 Å². The van der Waals surface area contributed by atoms with Crippen LogP contribution in [0.4, 0.5) is 4.39 Å². The fraction of sp³-hybridized carbons (Fsp3) is 0.321. The van der Waals surface area contributed by atoms with Crippen LogP contribution < -0.4 is 5.32 Å². The fourth-order valence-electron chi connectivity index (χ4n) is 4.38. The van der Waals surface area contributed by atoms with Crippen LogP contribution in [-0.4, -0.2) is 40.5 Å². The van der Waals surface area contributed by atoms with Crippen LogP contribution in [0.25, 0.3) is 0 Å². The van der Waals surface area contributed by atoms with E-state index in [2.05, 4.69) is 36.3 Å². The van der Waals surface area contributed by atoms with Gasteiger partial charge < -0.3 is 10.2 Å². The number of likely N-dealkylation sites (tertiary alicyclic amines) is 1. The van der Waals surface area contributed by atoms with Crippen LogP contribution in [0.5, 0.6) is 0 Å². The summed E-state index contributed by atoms with van der Waals surface area (Å²) < 4.78 is 14.4. The molecule has 5 nitrogen and oxygen atoms in total. The third kappa shape index (κ3) is 5.50. The van der Waals surface area contributed by atoms with Crippen LogP contribution in [0.15, 0.2) is 79.0 Å². The number of nitrogens with one attached hydrogen (secondary N) is 1. The summed E-state index contributed by atoms with van der Waals surface area (Å²) in [7, 11) is 0. The Kier molecular flexibility index (Phi) is 7.36. The van der Waals surface area contributed by atoms with E-state index in [-0.39, 0.29) is 31.2 Å². The predicted molar refractivity (Wildman–Crippen MR) is 130 cm³/mol. The number of carbonyl (C=O) groups is 2. The molecule has 1 aliphatic rings. The molecule has 0 aliphatic carbocycles. The topological polar surface area (TPSA) is 62.3 Å². The minimum Gasteiger partial charge on any atom is -0.343 e. The Balaban J connectivity index is 1.55. The van der Waals surface area contributed by atoms with Gasteiger partial charge in [-0.15, -0.1) is 0 Å². The van der Waals surface area contributed by atoms with E-state index in [0.29, 0.717) is 11.6 Å². The highest BCUT2D eigenvalue weighted by Gasteiger charge is 2.40. The zero-order valence-electron chi connectivity index (χ0n) is 19.5. The molecule has 1 fully saturated rings. The highest BCUT2D eigenvalue weighted by molar-refractivity contribution is 5.89. The van der Waals surface area contributed by atoms with Crippen LogP contribution in [-0.2, 0) is 16.0 Å². The first-order chi connectivity index (χ1) is 16.4. The molecular weight excluding hydrogens is 429 g/mol. The van der Waals surface area contributed by atoms with Gasteiger partial charge in [0.15, 0.2) is 0 Å². The van der Waals surface area contributed by atoms with Gasteiger partial charge in [-0.25, -0.2) is 4.39 Å². The minimum absolute atomic E-state index is 0.00636. The van der Waals surface area contributed by atoms with Crippen LogP contribution in [0.2, 0.25) is 0 Å². The van der Waals surface area contributed by atoms with E-state index in [4.69, 9.17) is 0 Å². The van der Waals surface area contributed by atoms with Crippen LogP contribution in [0.3, 0.4) is 0 Å². The quantitative estimate of drug-likeness (QED) is 0.562. The van der Waals surface area contributed by atoms with E-state index >= 15 is 0 Å². The molecule has 3 aromatic rings. The highest BCUT2D eigenvalue weighted by atomic mass is 19.1. The second-order valence-electron chi connectivity index (χ2n) is 9.07. The lowest BCUT2D eigenvalue weighted by Crippen LogP contribution is -2.47. The van der Waals surface area contributed by atoms with E-state index in [1.165, 1.54) is 10.5 Å². The van der Waals surface area contributed by atoms with Crippen molar-refractivity contribution in [3.8, 4) is 0 Å². The fourth-order valence-corrected chi connectivity index (χ4v) is 4.38. The molecule has 1 N–H and O–H groups in total. The molecule has 0 bridgehead atoms. The first-order valence-electron chi connectivity index (χ1n) is 11.7. The first kappa shape index (κ1) is 23.6. The lowest BCUT2D eigenvalue weighted by molar-refractivity contribution is -0.138. The van der Waals surface area contributed by atoms with Crippen molar-refractivity contribution in [2.24, 2.45) is 0 Å². The maximum absolute atomic E-state index is 14.4. The van der Waals surface area contributed by atoms with Gasteiger partial charge in [0, 0.05) is 18.3 Å². The summed E-state index contributed by atoms with van der Waals surface area (Å²) in [5.74, 6) is -0.245. The van der Waals surface area contributed by atoms with Crippen LogP contribution >= 0.6 is 0 Å². The van der Waals surface area contributed by atoms with Crippen molar-refractivity contribution in [3.63, 3.8) is 0 Å². The third-order valence-electron chi connectivity index (χ3n) is 6.29. The van der Waals surface area contributed by atoms with Gasteiger partial charge in [-0.05, 0) is 34.7 Å². The largest absolute Gasteiger partial charge is 0.343 e. The molecule has 34 heavy (non-hydrogen) atoms. The molecule has 2 aromatic carbocycles. The Hall–Kier alpha value is -3.54. The molecule has 1 saturated heterocycles. The predicted octanol–water partition coefficient (Wildman–Crippen LogP) is 4.59. The Bertz CT molecular complexity index is 1100. The summed E-state index contributed by atoms with van der Waals surface area (Å²) >= 11 is 0. The maximum atomic E-state index is 14.4. The zero-order valence-corrected chi connectivity index (χ0v) is 19.5. The number of halogens is 1. The van der Waals surface area contributed by atoms with Gasteiger partial charge >= 0.3 is 0 Å². The summed E-state index contributed by atoms with van der Waals surface area (Å²) in [6.07, 6.45) is 0.414. The lowest BCUT2D eigenvalue weighted by atomic mass is 9.95. The molecule has 6 heteroatoms. The number of hydrogen-bond acceptors (Lipinski definition) is 3. The molecule has 2 heterocycles. The molecule has 3 unspecified atom stereocenters. The molecule has 0 saturated carbocycles. The van der Waals surface area contributed by atoms with Crippen molar-refractivity contribution in [1.82, 2.24) is 15.2 Å². The smallest absolute Gasteiger partial charge is 0.243 e. The van der Waals surface area contributed by atoms with Crippen LogP contribution in [0.1, 0.15) is 54.6 Å². The Labute approximate surface area is 200 Å². The van der Waals surface area contributed by atoms with Gasteiger partial charge in [0.25, 0.3) is 0 Å². The third-order valence-corrected chi connectivity index (χ3v) is 6.29. The monoisotopic (exact) mass is 459 g/mol. The summed E-state index contributed by atoms with van der Waals surface area (Å²) in [5.41, 5.74) is 3.67. The van der Waals surface area contributed by atoms with Crippen molar-refractivity contribution in [1.29, 1.82) is 0 Å². The van der Waals surface area contributed by atoms with Gasteiger partial charge in [0.2, 0.25) is 11.8 Å². The average molecular weight is 460 g/mol. The van der Waals surface area contributed by atoms with E-state index in [0.717, 1.165) is 11.1 Å². The number of benzene rings is 2. The maximum Gasteiger partial charge on any atom is 0.243 e. The summed E-state index contributed by atoms with van der Waals surface area (Å²) in [4.78, 5) is 31.9. The minimum atomic E-state index is -1.23. The molecule has 0 spiro atoms. The number of nitrogens with zero attached hydrogens (tertiary/aromatic N) is 2. The van der Waals surface area contributed by atoms with Gasteiger partial charge in [-0.1, -0.05) is 74.5 Å². The summed E-state index contributed by atoms with van der Waals surface area (Å²) in [6, 6.07) is 21.9. The Morgan fingerprint density at radius 3 is 2.26 bits per heavy atom. The Morgan fingerprint density at radius 2 is 1.62 bits per heavy atom. The highest BCUT2D eigenvalue weighted by Crippen LogP contribution is 2.27. The van der Waals surface area contributed by atoms with Crippen molar-refractivity contribution in [2.45, 2.75) is 50.9 Å². The second-order valence-corrected chi connectivity index (χ2v) is 9.07. The SMILES string of the molecule is CC(C)c1ccc(C(NC(=O)C2CC(F)CN2C(=O)Cc2ccccn2)c2ccccc2)cc1. The van der Waals surface area contributed by atoms with E-state index in [1.54, 1.807) is 24.4 Å². The number of hydrogen-bond donors (Lipinski definition) is 1. The van der Waals surface area contributed by atoms with Crippen molar-refractivity contribution >= 4 is 11.8 Å². The number of carbonyl (C=O) groups excluding carboxylic acids is 2. The van der Waals surface area contributed by atoms with Gasteiger partial charge in [-0.3, -0.25) is 14.6 Å². The second kappa shape index (κ2) is 10.6. The molecule has 1 aromatic heterocycles. The molecule has 176 valence electrons. The van der Waals surface area contributed by atoms with E-state index in [9.17, 15) is 14.0 Å². The van der Waals surface area contributed by atoms with E-state index < -0.39 is 18.3 Å². The Morgan fingerprint density at radius 1 is 0.971 bits per heavy atom. The first-order valence-corrected chi connectivity index (χ1v) is 11.7. The van der Waals surface area contributed by atoms with Crippen LogP contribution in [0, 0.1) is 0 Å². The number of pyridine rings is 1. The molecule has 1 aliphatic heterocycles. The molecule has 4 rings (SSSR count). The standard InChI is InChI=1S/C28H30FN3O2/c1-19(2)20-11-13-22(14-12-20)27(21-8-4-3-5-9-21)31-28(34)25-16-23(29)18-32(25)26(33)17-24-10-6-7-15-30-24/h3-15,19,23,25,27H,16-18H2,1-2H3,(H,31,34). The normalized spacial score (nSPS) is 18.6. The summed E-state index contributed by atoms with van der Waals surface area (Å²) in [5, 5.41) is 3.09. The van der Waals surface area contributed by atoms with Gasteiger partial charge in [0.05, 0.1) is 19.0 Å². The number of amides is 2. The number of alkyl halides is 1. The molecular formula is C28H30FN3O2. The van der Waals surface area contributed by atoms with Crippen molar-refractivity contribution < 1.29 is 14.0 Å². The van der Waals surface area contributed by atoms with Gasteiger partial charge in [-0.2, -0.15) is 0 Å². The average Bonchev–Trinajstić information content (AvgIpc) is 3.25. The molecule has 2 amide bonds. The molecule has 3 atom stereocenters. The zero-order chi connectivity index (χ0) is 24.1. The summed E-state index contributed by atoms with van der Waals surface area (Å²) in [6.45, 7) is 4.19. The van der Waals surface area contributed by atoms with Gasteiger partial charge in [0.1, 0.15) is 12.2 Å². The van der Waals surface area contributed by atoms with Crippen molar-refractivity contribution in [2.75, 3.05) is 6.54 Å². The van der Waals surface area contributed by atoms with Crippen molar-refractivity contribution in [3.05, 3.63) is 101 Å². The lowest BCUT2D eigenvalue weighted by Gasteiger charge is -2.27.